The molecule has 0 spiro atoms. The van der Waals surface area contributed by atoms with E-state index in [2.05, 4.69) is 10.1 Å². The van der Waals surface area contributed by atoms with Crippen LogP contribution in [0.2, 0.25) is 0 Å². The molecule has 2 aliphatic heterocycles. The summed E-state index contributed by atoms with van der Waals surface area (Å²) in [5.41, 5.74) is 0. The first-order valence-electron chi connectivity index (χ1n) is 7.82. The van der Waals surface area contributed by atoms with Gasteiger partial charge in [-0.25, -0.2) is 9.67 Å². The van der Waals surface area contributed by atoms with E-state index in [1.165, 1.54) is 0 Å². The Labute approximate surface area is 138 Å². The lowest BCUT2D eigenvalue weighted by molar-refractivity contribution is -0.139. The third-order valence-electron chi connectivity index (χ3n) is 4.30. The van der Waals surface area contributed by atoms with Gasteiger partial charge in [0.1, 0.15) is 18.4 Å². The predicted molar refractivity (Wildman–Crippen MR) is 86.5 cm³/mol. The molecule has 120 valence electrons. The number of piperidine rings is 1. The summed E-state index contributed by atoms with van der Waals surface area (Å²) in [7, 11) is 0. The quantitative estimate of drug-likeness (QED) is 0.843. The molecule has 3 heterocycles. The summed E-state index contributed by atoms with van der Waals surface area (Å²) >= 11 is 1.69. The molecule has 0 N–H and O–H groups in total. The van der Waals surface area contributed by atoms with Crippen molar-refractivity contribution >= 4 is 17.7 Å². The minimum atomic E-state index is -0.399. The summed E-state index contributed by atoms with van der Waals surface area (Å²) in [6.45, 7) is 1.46. The van der Waals surface area contributed by atoms with Crippen molar-refractivity contribution in [3.63, 3.8) is 0 Å². The summed E-state index contributed by atoms with van der Waals surface area (Å²) in [4.78, 5) is 19.8. The van der Waals surface area contributed by atoms with Crippen molar-refractivity contribution in [2.75, 3.05) is 18.8 Å². The largest absolute Gasteiger partial charge is 0.479 e. The first-order valence-corrected chi connectivity index (χ1v) is 8.81. The number of ether oxygens (including phenoxy) is 1. The maximum absolute atomic E-state index is 12.8. The molecule has 0 unspecified atom stereocenters. The number of hydrogen-bond acceptors (Lipinski definition) is 5. The van der Waals surface area contributed by atoms with E-state index in [9.17, 15) is 4.79 Å². The molecule has 0 bridgehead atoms. The molecule has 1 amide bonds. The minimum Gasteiger partial charge on any atom is -0.479 e. The molecule has 1 aromatic carbocycles. The van der Waals surface area contributed by atoms with Gasteiger partial charge in [0.2, 0.25) is 0 Å². The van der Waals surface area contributed by atoms with E-state index in [4.69, 9.17) is 4.74 Å². The highest BCUT2D eigenvalue weighted by atomic mass is 32.2. The molecule has 0 aliphatic carbocycles. The van der Waals surface area contributed by atoms with E-state index in [1.807, 2.05) is 33.8 Å². The molecule has 2 aromatic rings. The van der Waals surface area contributed by atoms with Gasteiger partial charge < -0.3 is 9.64 Å². The number of benzene rings is 1. The van der Waals surface area contributed by atoms with Gasteiger partial charge in [0.25, 0.3) is 5.91 Å². The van der Waals surface area contributed by atoms with E-state index < -0.39 is 6.10 Å². The topological polar surface area (TPSA) is 60.2 Å². The number of thioether (sulfide) groups is 1. The Balaban J connectivity index is 1.45. The maximum atomic E-state index is 12.8. The van der Waals surface area contributed by atoms with Crippen LogP contribution in [0.3, 0.4) is 0 Å². The number of carbonyl (C=O) groups excluding carboxylic acids is 1. The Morgan fingerprint density at radius 3 is 3.13 bits per heavy atom. The SMILES string of the molecule is O=C([C@@H]1CSc2ccccc2O1)N1CCC[C@@H](n2cncn2)C1. The average molecular weight is 330 g/mol. The lowest BCUT2D eigenvalue weighted by Gasteiger charge is -2.35. The van der Waals surface area contributed by atoms with Crippen molar-refractivity contribution in [3.05, 3.63) is 36.9 Å². The Morgan fingerprint density at radius 2 is 2.26 bits per heavy atom. The van der Waals surface area contributed by atoms with Crippen LogP contribution in [0.1, 0.15) is 18.9 Å². The molecule has 23 heavy (non-hydrogen) atoms. The Kier molecular flexibility index (Phi) is 3.95. The van der Waals surface area contributed by atoms with Crippen molar-refractivity contribution in [3.8, 4) is 5.75 Å². The smallest absolute Gasteiger partial charge is 0.264 e. The number of amides is 1. The van der Waals surface area contributed by atoms with Crippen molar-refractivity contribution in [2.45, 2.75) is 29.9 Å². The number of para-hydroxylation sites is 1. The van der Waals surface area contributed by atoms with Crippen molar-refractivity contribution < 1.29 is 9.53 Å². The zero-order chi connectivity index (χ0) is 15.6. The Morgan fingerprint density at radius 1 is 1.35 bits per heavy atom. The molecule has 1 fully saturated rings. The number of hydrogen-bond donors (Lipinski definition) is 0. The second-order valence-electron chi connectivity index (χ2n) is 5.82. The Bertz CT molecular complexity index is 691. The molecule has 2 aliphatic rings. The fraction of sp³-hybridized carbons (Fsp3) is 0.438. The normalized spacial score (nSPS) is 23.9. The molecule has 4 rings (SSSR count). The fourth-order valence-corrected chi connectivity index (χ4v) is 4.10. The maximum Gasteiger partial charge on any atom is 0.264 e. The van der Waals surface area contributed by atoms with Crippen LogP contribution >= 0.6 is 11.8 Å². The fourth-order valence-electron chi connectivity index (χ4n) is 3.12. The number of fused-ring (bicyclic) bond motifs is 1. The predicted octanol–water partition coefficient (Wildman–Crippen LogP) is 1.99. The number of carbonyl (C=O) groups is 1. The Hall–Kier alpha value is -2.02. The second kappa shape index (κ2) is 6.23. The zero-order valence-corrected chi connectivity index (χ0v) is 13.5. The molecular formula is C16H18N4O2S. The van der Waals surface area contributed by atoms with Gasteiger partial charge in [-0.15, -0.1) is 11.8 Å². The zero-order valence-electron chi connectivity index (χ0n) is 12.7. The van der Waals surface area contributed by atoms with Gasteiger partial charge >= 0.3 is 0 Å². The van der Waals surface area contributed by atoms with Crippen LogP contribution in [0.4, 0.5) is 0 Å². The number of nitrogens with zero attached hydrogens (tertiary/aromatic N) is 4. The van der Waals surface area contributed by atoms with Crippen LogP contribution in [0.15, 0.2) is 41.8 Å². The molecule has 0 saturated carbocycles. The molecule has 1 saturated heterocycles. The number of aromatic nitrogens is 3. The standard InChI is InChI=1S/C16H18N4O2S/c21-16(14-9-23-15-6-2-1-5-13(15)22-14)19-7-3-4-12(8-19)20-11-17-10-18-20/h1-2,5-6,10-12,14H,3-4,7-9H2/t12-,14+/m1/s1. The highest BCUT2D eigenvalue weighted by molar-refractivity contribution is 7.99. The van der Waals surface area contributed by atoms with Crippen LogP contribution in [-0.4, -0.2) is 50.5 Å². The van der Waals surface area contributed by atoms with Crippen LogP contribution in [0.5, 0.6) is 5.75 Å². The highest BCUT2D eigenvalue weighted by Crippen LogP contribution is 2.35. The molecule has 7 heteroatoms. The first kappa shape index (κ1) is 14.6. The van der Waals surface area contributed by atoms with E-state index >= 15 is 0 Å². The molecule has 0 radical (unpaired) electrons. The second-order valence-corrected chi connectivity index (χ2v) is 6.88. The van der Waals surface area contributed by atoms with E-state index in [1.54, 1.807) is 24.4 Å². The summed E-state index contributed by atoms with van der Waals surface area (Å²) in [6.07, 6.45) is 4.87. The van der Waals surface area contributed by atoms with Gasteiger partial charge in [0, 0.05) is 23.7 Å². The molecule has 6 nitrogen and oxygen atoms in total. The summed E-state index contributed by atoms with van der Waals surface area (Å²) in [5.74, 6) is 1.56. The first-order chi connectivity index (χ1) is 11.3. The van der Waals surface area contributed by atoms with E-state index in [0.717, 1.165) is 30.0 Å². The van der Waals surface area contributed by atoms with Crippen LogP contribution in [0, 0.1) is 0 Å². The minimum absolute atomic E-state index is 0.0804. The average Bonchev–Trinajstić information content (AvgIpc) is 3.15. The van der Waals surface area contributed by atoms with Gasteiger partial charge in [0.05, 0.1) is 6.04 Å². The highest BCUT2D eigenvalue weighted by Gasteiger charge is 2.33. The molecular weight excluding hydrogens is 312 g/mol. The van der Waals surface area contributed by atoms with Crippen molar-refractivity contribution in [1.29, 1.82) is 0 Å². The van der Waals surface area contributed by atoms with Crippen molar-refractivity contribution in [1.82, 2.24) is 19.7 Å². The monoisotopic (exact) mass is 330 g/mol. The van der Waals surface area contributed by atoms with Gasteiger partial charge in [-0.2, -0.15) is 5.10 Å². The lowest BCUT2D eigenvalue weighted by Crippen LogP contribution is -2.48. The molecule has 2 atom stereocenters. The third kappa shape index (κ3) is 2.93. The van der Waals surface area contributed by atoms with E-state index in [-0.39, 0.29) is 11.9 Å². The molecule has 1 aromatic heterocycles. The van der Waals surface area contributed by atoms with Crippen molar-refractivity contribution in [2.24, 2.45) is 0 Å². The lowest BCUT2D eigenvalue weighted by atomic mass is 10.1. The van der Waals surface area contributed by atoms with E-state index in [0.29, 0.717) is 12.3 Å². The van der Waals surface area contributed by atoms with Gasteiger partial charge in [-0.05, 0) is 25.0 Å². The van der Waals surface area contributed by atoms with Crippen LogP contribution in [-0.2, 0) is 4.79 Å². The summed E-state index contributed by atoms with van der Waals surface area (Å²) in [5, 5.41) is 4.21. The van der Waals surface area contributed by atoms with Crippen LogP contribution in [0.25, 0.3) is 0 Å². The van der Waals surface area contributed by atoms with Gasteiger partial charge in [-0.3, -0.25) is 4.79 Å². The number of likely N-dealkylation sites (tertiary alicyclic amines) is 1. The van der Waals surface area contributed by atoms with Crippen LogP contribution < -0.4 is 4.74 Å². The van der Waals surface area contributed by atoms with Gasteiger partial charge in [0.15, 0.2) is 6.10 Å². The number of rotatable bonds is 2. The summed E-state index contributed by atoms with van der Waals surface area (Å²) < 4.78 is 7.78. The summed E-state index contributed by atoms with van der Waals surface area (Å²) in [6, 6.07) is 8.09. The third-order valence-corrected chi connectivity index (χ3v) is 5.42. The van der Waals surface area contributed by atoms with Gasteiger partial charge in [-0.1, -0.05) is 12.1 Å².